The average Bonchev–Trinajstić information content (AvgIpc) is 2.54. The molecule has 0 radical (unpaired) electrons. The highest BCUT2D eigenvalue weighted by atomic mass is 19.4. The standard InChI is InChI=1S/C16H23N3O.C2HF3O2/c1-13-4-3-5-15(17-13)12-18-9-6-16(7-10-18)8-11-19(16)14(2)20;3-2(4,5)1(6)7/h3-5H,6-12H2,1-2H3;(H,6,7). The number of carboxylic acid groups (broad SMARTS) is 1. The first kappa shape index (κ1) is 21.1. The first-order valence-corrected chi connectivity index (χ1v) is 8.77. The Bertz CT molecular complexity index is 686. The predicted octanol–water partition coefficient (Wildman–Crippen LogP) is 2.61. The second-order valence-corrected chi connectivity index (χ2v) is 6.99. The molecule has 2 saturated heterocycles. The van der Waals surface area contributed by atoms with E-state index in [1.54, 1.807) is 6.92 Å². The zero-order chi connectivity index (χ0) is 20.2. The third-order valence-corrected chi connectivity index (χ3v) is 5.11. The summed E-state index contributed by atoms with van der Waals surface area (Å²) in [6.07, 6.45) is -1.68. The maximum atomic E-state index is 11.6. The molecule has 1 spiro atoms. The van der Waals surface area contributed by atoms with E-state index in [9.17, 15) is 18.0 Å². The van der Waals surface area contributed by atoms with Crippen LogP contribution < -0.4 is 0 Å². The normalized spacial score (nSPS) is 19.1. The fourth-order valence-electron chi connectivity index (χ4n) is 3.60. The third kappa shape index (κ3) is 5.41. The minimum atomic E-state index is -5.08. The Morgan fingerprint density at radius 2 is 1.74 bits per heavy atom. The number of likely N-dealkylation sites (tertiary alicyclic amines) is 2. The van der Waals surface area contributed by atoms with Crippen molar-refractivity contribution in [1.29, 1.82) is 0 Å². The van der Waals surface area contributed by atoms with Gasteiger partial charge in [0, 0.05) is 44.3 Å². The summed E-state index contributed by atoms with van der Waals surface area (Å²) < 4.78 is 31.7. The number of pyridine rings is 1. The predicted molar refractivity (Wildman–Crippen MR) is 91.9 cm³/mol. The molecule has 3 rings (SSSR count). The fourth-order valence-corrected chi connectivity index (χ4v) is 3.60. The van der Waals surface area contributed by atoms with Crippen LogP contribution in [-0.2, 0) is 16.1 Å². The van der Waals surface area contributed by atoms with Crippen molar-refractivity contribution in [3.05, 3.63) is 29.6 Å². The number of hydrogen-bond donors (Lipinski definition) is 1. The van der Waals surface area contributed by atoms with Gasteiger partial charge in [0.2, 0.25) is 5.91 Å². The maximum Gasteiger partial charge on any atom is 0.490 e. The van der Waals surface area contributed by atoms with Crippen molar-refractivity contribution in [1.82, 2.24) is 14.8 Å². The zero-order valence-electron chi connectivity index (χ0n) is 15.4. The molecule has 3 heterocycles. The first-order valence-electron chi connectivity index (χ1n) is 8.77. The minimum absolute atomic E-state index is 0.183. The molecule has 0 atom stereocenters. The number of aliphatic carboxylic acids is 1. The van der Waals surface area contributed by atoms with Crippen LogP contribution in [0, 0.1) is 6.92 Å². The van der Waals surface area contributed by atoms with Gasteiger partial charge in [0.05, 0.1) is 5.69 Å². The minimum Gasteiger partial charge on any atom is -0.475 e. The molecule has 2 fully saturated rings. The molecule has 1 aromatic rings. The van der Waals surface area contributed by atoms with Crippen LogP contribution in [-0.4, -0.2) is 63.1 Å². The number of hydrogen-bond acceptors (Lipinski definition) is 4. The lowest BCUT2D eigenvalue weighted by atomic mass is 9.76. The maximum absolute atomic E-state index is 11.6. The molecule has 27 heavy (non-hydrogen) atoms. The Labute approximate surface area is 156 Å². The summed E-state index contributed by atoms with van der Waals surface area (Å²) in [6, 6.07) is 6.21. The topological polar surface area (TPSA) is 73.7 Å². The van der Waals surface area contributed by atoms with Crippen LogP contribution in [0.25, 0.3) is 0 Å². The highest BCUT2D eigenvalue weighted by Gasteiger charge is 2.47. The van der Waals surface area contributed by atoms with Gasteiger partial charge in [-0.25, -0.2) is 4.79 Å². The van der Waals surface area contributed by atoms with Gasteiger partial charge >= 0.3 is 12.1 Å². The van der Waals surface area contributed by atoms with Crippen LogP contribution in [0.2, 0.25) is 0 Å². The average molecular weight is 387 g/mol. The molecule has 0 bridgehead atoms. The number of alkyl halides is 3. The van der Waals surface area contributed by atoms with E-state index in [0.29, 0.717) is 0 Å². The quantitative estimate of drug-likeness (QED) is 0.845. The molecule has 1 amide bonds. The molecule has 9 heteroatoms. The van der Waals surface area contributed by atoms with Crippen molar-refractivity contribution >= 4 is 11.9 Å². The lowest BCUT2D eigenvalue weighted by molar-refractivity contribution is -0.192. The Morgan fingerprint density at radius 1 is 1.19 bits per heavy atom. The van der Waals surface area contributed by atoms with E-state index in [4.69, 9.17) is 9.90 Å². The summed E-state index contributed by atoms with van der Waals surface area (Å²) in [5, 5.41) is 7.12. The number of halogens is 3. The number of aryl methyl sites for hydroxylation is 1. The summed E-state index contributed by atoms with van der Waals surface area (Å²) in [4.78, 5) is 29.6. The van der Waals surface area contributed by atoms with E-state index in [1.807, 2.05) is 13.0 Å². The van der Waals surface area contributed by atoms with Crippen LogP contribution in [0.1, 0.15) is 37.6 Å². The molecule has 0 aliphatic carbocycles. The lowest BCUT2D eigenvalue weighted by Crippen LogP contribution is -2.65. The van der Waals surface area contributed by atoms with Gasteiger partial charge < -0.3 is 10.0 Å². The first-order chi connectivity index (χ1) is 12.5. The molecule has 1 N–H and O–H groups in total. The molecule has 0 saturated carbocycles. The van der Waals surface area contributed by atoms with Gasteiger partial charge in [-0.3, -0.25) is 14.7 Å². The van der Waals surface area contributed by atoms with Gasteiger partial charge in [-0.05, 0) is 38.3 Å². The van der Waals surface area contributed by atoms with Crippen LogP contribution in [0.15, 0.2) is 18.2 Å². The SMILES string of the molecule is CC(=O)N1CCC12CCN(Cc1cccc(C)n1)CC2.O=C(O)C(F)(F)F. The van der Waals surface area contributed by atoms with Crippen molar-refractivity contribution in [2.75, 3.05) is 19.6 Å². The number of aromatic nitrogens is 1. The van der Waals surface area contributed by atoms with Gasteiger partial charge in [-0.2, -0.15) is 13.2 Å². The number of amides is 1. The molecular weight excluding hydrogens is 363 g/mol. The lowest BCUT2D eigenvalue weighted by Gasteiger charge is -2.56. The Balaban J connectivity index is 0.000000321. The Hall–Kier alpha value is -2.16. The van der Waals surface area contributed by atoms with Gasteiger partial charge in [0.1, 0.15) is 0 Å². The van der Waals surface area contributed by atoms with Crippen molar-refractivity contribution in [2.24, 2.45) is 0 Å². The fraction of sp³-hybridized carbons (Fsp3) is 0.611. The van der Waals surface area contributed by atoms with Gasteiger partial charge in [-0.15, -0.1) is 0 Å². The van der Waals surface area contributed by atoms with Gasteiger partial charge in [0.25, 0.3) is 0 Å². The highest BCUT2D eigenvalue weighted by Crippen LogP contribution is 2.40. The Kier molecular flexibility index (Phi) is 6.46. The second kappa shape index (κ2) is 8.24. The molecule has 0 aromatic carbocycles. The molecule has 2 aliphatic rings. The molecule has 0 unspecified atom stereocenters. The number of carbonyl (C=O) groups is 2. The third-order valence-electron chi connectivity index (χ3n) is 5.11. The van der Waals surface area contributed by atoms with Crippen molar-refractivity contribution in [3.63, 3.8) is 0 Å². The van der Waals surface area contributed by atoms with E-state index in [1.165, 1.54) is 6.42 Å². The van der Waals surface area contributed by atoms with Crippen molar-refractivity contribution in [2.45, 2.75) is 51.4 Å². The summed E-state index contributed by atoms with van der Waals surface area (Å²) in [5.41, 5.74) is 2.42. The van der Waals surface area contributed by atoms with Crippen molar-refractivity contribution in [3.8, 4) is 0 Å². The Morgan fingerprint density at radius 3 is 2.15 bits per heavy atom. The monoisotopic (exact) mass is 387 g/mol. The van der Waals surface area contributed by atoms with Crippen LogP contribution in [0.3, 0.4) is 0 Å². The van der Waals surface area contributed by atoms with E-state index >= 15 is 0 Å². The van der Waals surface area contributed by atoms with Gasteiger partial charge in [-0.1, -0.05) is 6.07 Å². The van der Waals surface area contributed by atoms with E-state index in [2.05, 4.69) is 26.9 Å². The molecular formula is C18H24F3N3O3. The summed E-state index contributed by atoms with van der Waals surface area (Å²) in [7, 11) is 0. The number of rotatable bonds is 2. The number of nitrogens with zero attached hydrogens (tertiary/aromatic N) is 3. The summed E-state index contributed by atoms with van der Waals surface area (Å²) >= 11 is 0. The van der Waals surface area contributed by atoms with Gasteiger partial charge in [0.15, 0.2) is 0 Å². The summed E-state index contributed by atoms with van der Waals surface area (Å²) in [5.74, 6) is -2.52. The second-order valence-electron chi connectivity index (χ2n) is 6.99. The number of piperidine rings is 1. The highest BCUT2D eigenvalue weighted by molar-refractivity contribution is 5.75. The molecule has 2 aliphatic heterocycles. The van der Waals surface area contributed by atoms with E-state index < -0.39 is 12.1 Å². The van der Waals surface area contributed by atoms with Crippen LogP contribution in [0.4, 0.5) is 13.2 Å². The van der Waals surface area contributed by atoms with E-state index in [-0.39, 0.29) is 11.4 Å². The number of carbonyl (C=O) groups excluding carboxylic acids is 1. The smallest absolute Gasteiger partial charge is 0.475 e. The van der Waals surface area contributed by atoms with Crippen LogP contribution >= 0.6 is 0 Å². The molecule has 1 aromatic heterocycles. The zero-order valence-corrected chi connectivity index (χ0v) is 15.4. The van der Waals surface area contributed by atoms with Crippen LogP contribution in [0.5, 0.6) is 0 Å². The number of carboxylic acids is 1. The van der Waals surface area contributed by atoms with E-state index in [0.717, 1.165) is 50.4 Å². The van der Waals surface area contributed by atoms with Crippen molar-refractivity contribution < 1.29 is 27.9 Å². The molecule has 6 nitrogen and oxygen atoms in total. The summed E-state index contributed by atoms with van der Waals surface area (Å²) in [6.45, 7) is 7.75. The molecule has 150 valence electrons. The largest absolute Gasteiger partial charge is 0.490 e.